The predicted octanol–water partition coefficient (Wildman–Crippen LogP) is 5.57. The predicted molar refractivity (Wildman–Crippen MR) is 119 cm³/mol. The number of carbonyl (C=O) groups excluding carboxylic acids is 1. The van der Waals surface area contributed by atoms with Gasteiger partial charge in [-0.05, 0) is 36.8 Å². The lowest BCUT2D eigenvalue weighted by Crippen LogP contribution is -2.27. The van der Waals surface area contributed by atoms with E-state index < -0.39 is 0 Å². The molecule has 0 spiro atoms. The van der Waals surface area contributed by atoms with Crippen LogP contribution in [0.3, 0.4) is 0 Å². The summed E-state index contributed by atoms with van der Waals surface area (Å²) in [5.41, 5.74) is 3.15. The van der Waals surface area contributed by atoms with E-state index in [0.29, 0.717) is 28.1 Å². The highest BCUT2D eigenvalue weighted by Gasteiger charge is 2.32. The van der Waals surface area contributed by atoms with Gasteiger partial charge in [-0.15, -0.1) is 0 Å². The van der Waals surface area contributed by atoms with Crippen LogP contribution in [0, 0.1) is 6.92 Å². The second-order valence-electron chi connectivity index (χ2n) is 6.66. The first-order chi connectivity index (χ1) is 14.1. The highest BCUT2D eigenvalue weighted by molar-refractivity contribution is 8.26. The van der Waals surface area contributed by atoms with Gasteiger partial charge < -0.3 is 9.15 Å². The number of aryl methyl sites for hydroxylation is 1. The largest absolute Gasteiger partial charge is 0.488 e. The van der Waals surface area contributed by atoms with Crippen LogP contribution in [0.2, 0.25) is 0 Å². The number of hydrogen-bond acceptors (Lipinski definition) is 5. The molecule has 0 radical (unpaired) electrons. The monoisotopic (exact) mass is 421 g/mol. The molecule has 1 aliphatic rings. The maximum Gasteiger partial charge on any atom is 0.266 e. The minimum absolute atomic E-state index is 0.121. The van der Waals surface area contributed by atoms with E-state index >= 15 is 0 Å². The third kappa shape index (κ3) is 4.60. The molecule has 4 rings (SSSR count). The Balaban J connectivity index is 1.51. The summed E-state index contributed by atoms with van der Waals surface area (Å²) in [4.78, 5) is 15.0. The van der Waals surface area contributed by atoms with E-state index in [1.807, 2.05) is 36.4 Å². The van der Waals surface area contributed by atoms with Crippen LogP contribution in [-0.4, -0.2) is 15.1 Å². The Kier molecular flexibility index (Phi) is 5.83. The summed E-state index contributed by atoms with van der Waals surface area (Å²) in [6.45, 7) is 2.85. The quantitative estimate of drug-likeness (QED) is 0.385. The first kappa shape index (κ1) is 19.5. The standard InChI is InChI=1S/C23H19NO3S2/c1-16-8-10-17(11-9-16)15-27-20-7-3-2-5-18(20)13-21-22(25)24(23(28)29-21)14-19-6-4-12-26-19/h2-13H,14-15H2,1H3/b21-13-. The van der Waals surface area contributed by atoms with Gasteiger partial charge >= 0.3 is 0 Å². The van der Waals surface area contributed by atoms with Crippen molar-refractivity contribution in [3.63, 3.8) is 0 Å². The summed E-state index contributed by atoms with van der Waals surface area (Å²) in [6, 6.07) is 19.5. The molecule has 1 saturated heterocycles. The first-order valence-corrected chi connectivity index (χ1v) is 10.4. The number of ether oxygens (including phenoxy) is 1. The maximum absolute atomic E-state index is 12.8. The minimum atomic E-state index is -0.121. The molecule has 0 bridgehead atoms. The molecule has 4 nitrogen and oxygen atoms in total. The number of hydrogen-bond donors (Lipinski definition) is 0. The van der Waals surface area contributed by atoms with Gasteiger partial charge in [-0.3, -0.25) is 9.69 Å². The van der Waals surface area contributed by atoms with Crippen molar-refractivity contribution in [3.05, 3.63) is 94.3 Å². The lowest BCUT2D eigenvalue weighted by atomic mass is 10.1. The zero-order valence-electron chi connectivity index (χ0n) is 15.8. The number of thioether (sulfide) groups is 1. The SMILES string of the molecule is Cc1ccc(COc2ccccc2/C=C2\SC(=S)N(Cc3ccco3)C2=O)cc1. The molecule has 1 amide bonds. The van der Waals surface area contributed by atoms with Gasteiger partial charge in [0.05, 0.1) is 17.7 Å². The van der Waals surface area contributed by atoms with Gasteiger partial charge in [0, 0.05) is 5.56 Å². The Morgan fingerprint density at radius 3 is 2.66 bits per heavy atom. The van der Waals surface area contributed by atoms with E-state index in [4.69, 9.17) is 21.4 Å². The van der Waals surface area contributed by atoms with Crippen LogP contribution in [-0.2, 0) is 17.9 Å². The van der Waals surface area contributed by atoms with Crippen LogP contribution >= 0.6 is 24.0 Å². The zero-order chi connectivity index (χ0) is 20.2. The smallest absolute Gasteiger partial charge is 0.266 e. The van der Waals surface area contributed by atoms with Crippen LogP contribution in [0.15, 0.2) is 76.2 Å². The Labute approximate surface area is 179 Å². The molecule has 0 saturated carbocycles. The van der Waals surface area contributed by atoms with Crippen molar-refractivity contribution in [3.8, 4) is 5.75 Å². The van der Waals surface area contributed by atoms with Gasteiger partial charge in [0.2, 0.25) is 0 Å². The topological polar surface area (TPSA) is 42.7 Å². The van der Waals surface area contributed by atoms with Crippen molar-refractivity contribution in [2.24, 2.45) is 0 Å². The maximum atomic E-state index is 12.8. The van der Waals surface area contributed by atoms with Crippen molar-refractivity contribution < 1.29 is 13.9 Å². The average Bonchev–Trinajstić information content (AvgIpc) is 3.33. The van der Waals surface area contributed by atoms with Gasteiger partial charge in [-0.25, -0.2) is 0 Å². The van der Waals surface area contributed by atoms with Gasteiger partial charge in [0.15, 0.2) is 0 Å². The fourth-order valence-corrected chi connectivity index (χ4v) is 4.16. The van der Waals surface area contributed by atoms with Gasteiger partial charge in [0.1, 0.15) is 22.4 Å². The fraction of sp³-hybridized carbons (Fsp3) is 0.130. The van der Waals surface area contributed by atoms with Crippen molar-refractivity contribution in [1.82, 2.24) is 4.90 Å². The van der Waals surface area contributed by atoms with Crippen molar-refractivity contribution in [2.75, 3.05) is 0 Å². The zero-order valence-corrected chi connectivity index (χ0v) is 17.5. The number of nitrogens with zero attached hydrogens (tertiary/aromatic N) is 1. The highest BCUT2D eigenvalue weighted by atomic mass is 32.2. The van der Waals surface area contributed by atoms with Crippen LogP contribution < -0.4 is 4.74 Å². The molecule has 29 heavy (non-hydrogen) atoms. The molecule has 2 aromatic carbocycles. The molecular formula is C23H19NO3S2. The van der Waals surface area contributed by atoms with E-state index in [2.05, 4.69) is 31.2 Å². The summed E-state index contributed by atoms with van der Waals surface area (Å²) >= 11 is 6.69. The molecule has 2 heterocycles. The summed E-state index contributed by atoms with van der Waals surface area (Å²) in [5.74, 6) is 1.30. The van der Waals surface area contributed by atoms with E-state index in [1.54, 1.807) is 17.2 Å². The molecule has 146 valence electrons. The van der Waals surface area contributed by atoms with Crippen LogP contribution in [0.5, 0.6) is 5.75 Å². The normalized spacial score (nSPS) is 15.3. The van der Waals surface area contributed by atoms with Crippen molar-refractivity contribution in [2.45, 2.75) is 20.1 Å². The Hall–Kier alpha value is -2.83. The molecule has 1 aliphatic heterocycles. The Bertz CT molecular complexity index is 1060. The molecule has 6 heteroatoms. The number of thiocarbonyl (C=S) groups is 1. The van der Waals surface area contributed by atoms with Crippen molar-refractivity contribution in [1.29, 1.82) is 0 Å². The number of para-hydroxylation sites is 1. The number of amides is 1. The molecule has 0 unspecified atom stereocenters. The third-order valence-electron chi connectivity index (χ3n) is 4.49. The summed E-state index contributed by atoms with van der Waals surface area (Å²) in [6.07, 6.45) is 3.43. The molecular weight excluding hydrogens is 402 g/mol. The summed E-state index contributed by atoms with van der Waals surface area (Å²) in [7, 11) is 0. The van der Waals surface area contributed by atoms with Gasteiger partial charge in [0.25, 0.3) is 5.91 Å². The molecule has 1 fully saturated rings. The number of carbonyl (C=O) groups is 1. The number of furan rings is 1. The lowest BCUT2D eigenvalue weighted by molar-refractivity contribution is -0.122. The molecule has 0 aliphatic carbocycles. The molecule has 0 N–H and O–H groups in total. The van der Waals surface area contributed by atoms with Crippen LogP contribution in [0.4, 0.5) is 0 Å². The third-order valence-corrected chi connectivity index (χ3v) is 5.87. The second kappa shape index (κ2) is 8.68. The number of rotatable bonds is 6. The van der Waals surface area contributed by atoms with E-state index in [1.165, 1.54) is 17.3 Å². The number of benzene rings is 2. The summed E-state index contributed by atoms with van der Waals surface area (Å²) < 4.78 is 11.9. The lowest BCUT2D eigenvalue weighted by Gasteiger charge is -2.12. The Morgan fingerprint density at radius 2 is 1.90 bits per heavy atom. The van der Waals surface area contributed by atoms with Crippen molar-refractivity contribution >= 4 is 40.3 Å². The van der Waals surface area contributed by atoms with Gasteiger partial charge in [-0.1, -0.05) is 72.0 Å². The summed E-state index contributed by atoms with van der Waals surface area (Å²) in [5, 5.41) is 0. The fourth-order valence-electron chi connectivity index (χ4n) is 2.91. The minimum Gasteiger partial charge on any atom is -0.488 e. The molecule has 3 aromatic rings. The second-order valence-corrected chi connectivity index (χ2v) is 8.34. The van der Waals surface area contributed by atoms with E-state index in [-0.39, 0.29) is 5.91 Å². The van der Waals surface area contributed by atoms with E-state index in [9.17, 15) is 4.79 Å². The highest BCUT2D eigenvalue weighted by Crippen LogP contribution is 2.35. The molecule has 0 atom stereocenters. The molecule has 1 aromatic heterocycles. The first-order valence-electron chi connectivity index (χ1n) is 9.15. The van der Waals surface area contributed by atoms with Crippen LogP contribution in [0.1, 0.15) is 22.5 Å². The van der Waals surface area contributed by atoms with Crippen LogP contribution in [0.25, 0.3) is 6.08 Å². The van der Waals surface area contributed by atoms with Gasteiger partial charge in [-0.2, -0.15) is 0 Å². The average molecular weight is 422 g/mol. The Morgan fingerprint density at radius 1 is 1.10 bits per heavy atom. The van der Waals surface area contributed by atoms with E-state index in [0.717, 1.165) is 16.9 Å².